The lowest BCUT2D eigenvalue weighted by Gasteiger charge is -2.33. The van der Waals surface area contributed by atoms with Gasteiger partial charge in [-0.2, -0.15) is 0 Å². The van der Waals surface area contributed by atoms with Crippen LogP contribution in [-0.2, 0) is 26.2 Å². The van der Waals surface area contributed by atoms with Crippen molar-refractivity contribution in [3.8, 4) is 5.75 Å². The van der Waals surface area contributed by atoms with Crippen LogP contribution in [-0.4, -0.2) is 57.1 Å². The van der Waals surface area contributed by atoms with Crippen molar-refractivity contribution in [1.82, 2.24) is 10.2 Å². The van der Waals surface area contributed by atoms with Gasteiger partial charge in [0.25, 0.3) is 0 Å². The Labute approximate surface area is 258 Å². The Morgan fingerprint density at radius 2 is 1.71 bits per heavy atom. The van der Waals surface area contributed by atoms with E-state index < -0.39 is 16.1 Å². The Balaban J connectivity index is 1.81. The number of hydrogen-bond donors (Lipinski definition) is 1. The van der Waals surface area contributed by atoms with Crippen LogP contribution in [0.5, 0.6) is 5.75 Å². The molecule has 8 nitrogen and oxygen atoms in total. The van der Waals surface area contributed by atoms with E-state index >= 15 is 0 Å². The standard InChI is InChI=1S/C29H38Cl3N3O5S/c1-4-26(29(37)33-20-10-6-5-7-11-20)34(19-22-23(30)12-8-13-24(22)31)28(36)14-9-17-35(41(3,38)39)21-15-16-27(40-2)25(32)18-21/h8,12-13,15-16,18,20,26H,4-7,9-11,14,17,19H2,1-3H3,(H,33,37). The number of sulfonamides is 1. The molecule has 1 fully saturated rings. The van der Waals surface area contributed by atoms with Gasteiger partial charge in [-0.15, -0.1) is 0 Å². The number of halogens is 3. The van der Waals surface area contributed by atoms with E-state index in [0.29, 0.717) is 33.5 Å². The molecule has 0 radical (unpaired) electrons. The highest BCUT2D eigenvalue weighted by Crippen LogP contribution is 2.31. The summed E-state index contributed by atoms with van der Waals surface area (Å²) in [6.07, 6.45) is 6.84. The van der Waals surface area contributed by atoms with E-state index in [0.717, 1.165) is 38.4 Å². The van der Waals surface area contributed by atoms with Crippen LogP contribution in [0.4, 0.5) is 5.69 Å². The Morgan fingerprint density at radius 1 is 1.05 bits per heavy atom. The molecule has 12 heteroatoms. The molecule has 2 aromatic carbocycles. The van der Waals surface area contributed by atoms with Gasteiger partial charge < -0.3 is 15.0 Å². The molecule has 1 unspecified atom stereocenters. The highest BCUT2D eigenvalue weighted by molar-refractivity contribution is 7.92. The monoisotopic (exact) mass is 645 g/mol. The summed E-state index contributed by atoms with van der Waals surface area (Å²) in [5.74, 6) is -0.0839. The van der Waals surface area contributed by atoms with Crippen LogP contribution < -0.4 is 14.4 Å². The first-order valence-corrected chi connectivity index (χ1v) is 16.8. The molecule has 0 aliphatic heterocycles. The molecule has 0 heterocycles. The third-order valence-electron chi connectivity index (χ3n) is 7.30. The third-order valence-corrected chi connectivity index (χ3v) is 9.50. The first-order chi connectivity index (χ1) is 19.5. The summed E-state index contributed by atoms with van der Waals surface area (Å²) >= 11 is 19.1. The average Bonchev–Trinajstić information content (AvgIpc) is 2.92. The molecule has 1 atom stereocenters. The molecule has 1 N–H and O–H groups in total. The molecule has 1 saturated carbocycles. The Hall–Kier alpha value is -2.20. The van der Waals surface area contributed by atoms with E-state index in [-0.39, 0.29) is 48.8 Å². The fourth-order valence-corrected chi connectivity index (χ4v) is 6.86. The van der Waals surface area contributed by atoms with Gasteiger partial charge in [0, 0.05) is 41.2 Å². The lowest BCUT2D eigenvalue weighted by molar-refractivity contribution is -0.141. The van der Waals surface area contributed by atoms with Gasteiger partial charge in [0.2, 0.25) is 21.8 Å². The average molecular weight is 647 g/mol. The zero-order chi connectivity index (χ0) is 30.2. The van der Waals surface area contributed by atoms with Crippen molar-refractivity contribution in [2.45, 2.75) is 76.9 Å². The maximum Gasteiger partial charge on any atom is 0.243 e. The highest BCUT2D eigenvalue weighted by Gasteiger charge is 2.31. The Morgan fingerprint density at radius 3 is 2.27 bits per heavy atom. The summed E-state index contributed by atoms with van der Waals surface area (Å²) in [5.41, 5.74) is 0.919. The number of rotatable bonds is 13. The van der Waals surface area contributed by atoms with E-state index in [4.69, 9.17) is 39.5 Å². The van der Waals surface area contributed by atoms with Gasteiger partial charge in [0.05, 0.1) is 24.1 Å². The molecule has 0 spiro atoms. The van der Waals surface area contributed by atoms with E-state index in [1.54, 1.807) is 30.3 Å². The SMILES string of the molecule is CCC(C(=O)NC1CCCCC1)N(Cc1c(Cl)cccc1Cl)C(=O)CCCN(c1ccc(OC)c(Cl)c1)S(C)(=O)=O. The van der Waals surface area contributed by atoms with Crippen LogP contribution >= 0.6 is 34.8 Å². The van der Waals surface area contributed by atoms with Crippen molar-refractivity contribution in [3.63, 3.8) is 0 Å². The summed E-state index contributed by atoms with van der Waals surface area (Å²) < 4.78 is 31.6. The lowest BCUT2D eigenvalue weighted by atomic mass is 9.95. The highest BCUT2D eigenvalue weighted by atomic mass is 35.5. The summed E-state index contributed by atoms with van der Waals surface area (Å²) in [4.78, 5) is 28.7. The molecule has 1 aliphatic carbocycles. The number of ether oxygens (including phenoxy) is 1. The number of benzene rings is 2. The van der Waals surface area contributed by atoms with Gasteiger partial charge in [0.15, 0.2) is 0 Å². The Bertz CT molecular complexity index is 1300. The van der Waals surface area contributed by atoms with Crippen LogP contribution in [0.15, 0.2) is 36.4 Å². The van der Waals surface area contributed by atoms with Crippen molar-refractivity contribution < 1.29 is 22.7 Å². The molecule has 2 aromatic rings. The van der Waals surface area contributed by atoms with Gasteiger partial charge in [-0.3, -0.25) is 13.9 Å². The molecule has 1 aliphatic rings. The number of amides is 2. The minimum absolute atomic E-state index is 0.00515. The molecule has 0 aromatic heterocycles. The van der Waals surface area contributed by atoms with E-state index in [1.165, 1.54) is 22.4 Å². The zero-order valence-electron chi connectivity index (χ0n) is 23.7. The molecule has 3 rings (SSSR count). The second kappa shape index (κ2) is 15.3. The van der Waals surface area contributed by atoms with E-state index in [1.807, 2.05) is 6.92 Å². The number of hydrogen-bond acceptors (Lipinski definition) is 5. The summed E-state index contributed by atoms with van der Waals surface area (Å²) in [5, 5.41) is 4.21. The van der Waals surface area contributed by atoms with Crippen LogP contribution in [0.3, 0.4) is 0 Å². The number of nitrogens with zero attached hydrogens (tertiary/aromatic N) is 2. The lowest BCUT2D eigenvalue weighted by Crippen LogP contribution is -2.51. The van der Waals surface area contributed by atoms with Crippen molar-refractivity contribution >= 4 is 62.3 Å². The predicted molar refractivity (Wildman–Crippen MR) is 166 cm³/mol. The van der Waals surface area contributed by atoms with Crippen molar-refractivity contribution in [3.05, 3.63) is 57.0 Å². The topological polar surface area (TPSA) is 96.0 Å². The fraction of sp³-hybridized carbons (Fsp3) is 0.517. The third kappa shape index (κ3) is 9.14. The maximum atomic E-state index is 13.7. The molecule has 2 amide bonds. The number of methoxy groups -OCH3 is 1. The first kappa shape index (κ1) is 33.3. The number of carbonyl (C=O) groups excluding carboxylic acids is 2. The van der Waals surface area contributed by atoms with E-state index in [9.17, 15) is 18.0 Å². The second-order valence-electron chi connectivity index (χ2n) is 10.2. The number of anilines is 1. The van der Waals surface area contributed by atoms with Gasteiger partial charge in [-0.05, 0) is 56.0 Å². The molecule has 226 valence electrons. The van der Waals surface area contributed by atoms with Crippen molar-refractivity contribution in [2.75, 3.05) is 24.2 Å². The minimum Gasteiger partial charge on any atom is -0.495 e. The summed E-state index contributed by atoms with van der Waals surface area (Å²) in [7, 11) is -2.20. The minimum atomic E-state index is -3.67. The van der Waals surface area contributed by atoms with Gasteiger partial charge in [0.1, 0.15) is 11.8 Å². The summed E-state index contributed by atoms with van der Waals surface area (Å²) in [6.45, 7) is 1.95. The normalized spacial score (nSPS) is 14.8. The molecular formula is C29H38Cl3N3O5S. The van der Waals surface area contributed by atoms with Gasteiger partial charge in [-0.25, -0.2) is 8.42 Å². The fourth-order valence-electron chi connectivity index (χ4n) is 5.13. The molecule has 41 heavy (non-hydrogen) atoms. The van der Waals surface area contributed by atoms with Crippen LogP contribution in [0, 0.1) is 0 Å². The number of carbonyl (C=O) groups is 2. The molecular weight excluding hydrogens is 609 g/mol. The maximum absolute atomic E-state index is 13.7. The molecule has 0 saturated heterocycles. The van der Waals surface area contributed by atoms with Gasteiger partial charge in [-0.1, -0.05) is 67.1 Å². The Kier molecular flexibility index (Phi) is 12.4. The van der Waals surface area contributed by atoms with Gasteiger partial charge >= 0.3 is 0 Å². The molecule has 0 bridgehead atoms. The van der Waals surface area contributed by atoms with Crippen LogP contribution in [0.1, 0.15) is 63.9 Å². The largest absolute Gasteiger partial charge is 0.495 e. The van der Waals surface area contributed by atoms with Crippen molar-refractivity contribution in [1.29, 1.82) is 0 Å². The zero-order valence-corrected chi connectivity index (χ0v) is 26.8. The van der Waals surface area contributed by atoms with Crippen molar-refractivity contribution in [2.24, 2.45) is 0 Å². The number of nitrogens with one attached hydrogen (secondary N) is 1. The quantitative estimate of drug-likeness (QED) is 0.270. The van der Waals surface area contributed by atoms with E-state index in [2.05, 4.69) is 5.32 Å². The predicted octanol–water partition coefficient (Wildman–Crippen LogP) is 6.46. The first-order valence-electron chi connectivity index (χ1n) is 13.8. The van der Waals surface area contributed by atoms with Crippen LogP contribution in [0.25, 0.3) is 0 Å². The van der Waals surface area contributed by atoms with Crippen LogP contribution in [0.2, 0.25) is 15.1 Å². The second-order valence-corrected chi connectivity index (χ2v) is 13.4. The smallest absolute Gasteiger partial charge is 0.243 e. The summed E-state index contributed by atoms with van der Waals surface area (Å²) in [6, 6.07) is 9.16.